The molecule has 2 amide bonds. The van der Waals surface area contributed by atoms with Crippen LogP contribution in [0.25, 0.3) is 0 Å². The second-order valence-electron chi connectivity index (χ2n) is 5.48. The van der Waals surface area contributed by atoms with Crippen molar-refractivity contribution in [3.8, 4) is 0 Å². The van der Waals surface area contributed by atoms with Crippen molar-refractivity contribution in [2.75, 3.05) is 19.6 Å². The van der Waals surface area contributed by atoms with E-state index < -0.39 is 0 Å². The van der Waals surface area contributed by atoms with E-state index in [4.69, 9.17) is 0 Å². The van der Waals surface area contributed by atoms with Gasteiger partial charge in [0.05, 0.1) is 0 Å². The minimum absolute atomic E-state index is 0.0587. The topological polar surface area (TPSA) is 32.3 Å². The summed E-state index contributed by atoms with van der Waals surface area (Å²) in [6.45, 7) is 8.41. The normalized spacial score (nSPS) is 15.9. The summed E-state index contributed by atoms with van der Waals surface area (Å²) in [5.41, 5.74) is 2.83. The maximum atomic E-state index is 12.0. The van der Waals surface area contributed by atoms with Gasteiger partial charge in [-0.3, -0.25) is 0 Å². The predicted octanol–water partition coefficient (Wildman–Crippen LogP) is 3.08. The Morgan fingerprint density at radius 2 is 1.79 bits per heavy atom. The third-order valence-corrected chi connectivity index (χ3v) is 4.15. The smallest absolute Gasteiger partial charge is 0.317 e. The minimum atomic E-state index is 0.0587. The summed E-state index contributed by atoms with van der Waals surface area (Å²) in [5, 5.41) is 3.09. The predicted molar refractivity (Wildman–Crippen MR) is 78.4 cm³/mol. The molecule has 0 saturated heterocycles. The zero-order valence-corrected chi connectivity index (χ0v) is 12.2. The van der Waals surface area contributed by atoms with Crippen LogP contribution in [0.3, 0.4) is 0 Å². The highest BCUT2D eigenvalue weighted by Crippen LogP contribution is 2.47. The molecule has 1 aliphatic rings. The molecule has 0 unspecified atom stereocenters. The number of carbonyl (C=O) groups excluding carboxylic acids is 1. The molecule has 0 aliphatic heterocycles. The third kappa shape index (κ3) is 3.09. The molecule has 1 N–H and O–H groups in total. The summed E-state index contributed by atoms with van der Waals surface area (Å²) in [6.07, 6.45) is 2.35. The number of hydrogen-bond acceptors (Lipinski definition) is 1. The standard InChI is InChI=1S/C16H24N2O/c1-4-18(5-2)15(19)17-12-16(10-11-16)14-8-6-13(3)7-9-14/h6-9H,4-5,10-12H2,1-3H3,(H,17,19). The van der Waals surface area contributed by atoms with Gasteiger partial charge in [0.1, 0.15) is 0 Å². The van der Waals surface area contributed by atoms with Crippen LogP contribution in [-0.2, 0) is 5.41 Å². The van der Waals surface area contributed by atoms with Crippen molar-refractivity contribution in [1.82, 2.24) is 10.2 Å². The maximum absolute atomic E-state index is 12.0. The largest absolute Gasteiger partial charge is 0.337 e. The number of hydrogen-bond donors (Lipinski definition) is 1. The Morgan fingerprint density at radius 3 is 2.26 bits per heavy atom. The van der Waals surface area contributed by atoms with Crippen LogP contribution < -0.4 is 5.32 Å². The Labute approximate surface area is 116 Å². The molecule has 0 atom stereocenters. The number of benzene rings is 1. The Kier molecular flexibility index (Phi) is 4.13. The molecule has 0 aromatic heterocycles. The first-order valence-corrected chi connectivity index (χ1v) is 7.21. The van der Waals surface area contributed by atoms with E-state index in [0.29, 0.717) is 0 Å². The highest BCUT2D eigenvalue weighted by molar-refractivity contribution is 5.74. The SMILES string of the molecule is CCN(CC)C(=O)NCC1(c2ccc(C)cc2)CC1. The third-order valence-electron chi connectivity index (χ3n) is 4.15. The lowest BCUT2D eigenvalue weighted by atomic mass is 9.95. The first-order chi connectivity index (χ1) is 9.11. The van der Waals surface area contributed by atoms with E-state index in [-0.39, 0.29) is 11.4 Å². The summed E-state index contributed by atoms with van der Waals surface area (Å²) in [5.74, 6) is 0. The van der Waals surface area contributed by atoms with E-state index in [1.54, 1.807) is 0 Å². The van der Waals surface area contributed by atoms with Gasteiger partial charge in [-0.15, -0.1) is 0 Å². The molecular weight excluding hydrogens is 236 g/mol. The van der Waals surface area contributed by atoms with E-state index in [2.05, 4.69) is 36.5 Å². The lowest BCUT2D eigenvalue weighted by Crippen LogP contribution is -2.42. The molecule has 19 heavy (non-hydrogen) atoms. The summed E-state index contributed by atoms with van der Waals surface area (Å²) >= 11 is 0. The first kappa shape index (κ1) is 13.9. The van der Waals surface area contributed by atoms with Gasteiger partial charge in [-0.25, -0.2) is 4.79 Å². The summed E-state index contributed by atoms with van der Waals surface area (Å²) in [7, 11) is 0. The maximum Gasteiger partial charge on any atom is 0.317 e. The van der Waals surface area contributed by atoms with E-state index in [9.17, 15) is 4.79 Å². The van der Waals surface area contributed by atoms with Gasteiger partial charge < -0.3 is 10.2 Å². The van der Waals surface area contributed by atoms with Gasteiger partial charge in [0.15, 0.2) is 0 Å². The molecule has 0 bridgehead atoms. The summed E-state index contributed by atoms with van der Waals surface area (Å²) in [4.78, 5) is 13.8. The molecule has 2 rings (SSSR count). The van der Waals surface area contributed by atoms with Crippen molar-refractivity contribution in [2.45, 2.75) is 39.0 Å². The molecule has 1 aromatic rings. The number of urea groups is 1. The van der Waals surface area contributed by atoms with E-state index >= 15 is 0 Å². The molecule has 104 valence electrons. The number of nitrogens with zero attached hydrogens (tertiary/aromatic N) is 1. The lowest BCUT2D eigenvalue weighted by Gasteiger charge is -2.22. The fourth-order valence-electron chi connectivity index (χ4n) is 2.49. The zero-order valence-electron chi connectivity index (χ0n) is 12.2. The molecule has 1 aliphatic carbocycles. The molecule has 0 heterocycles. The van der Waals surface area contributed by atoms with Gasteiger partial charge >= 0.3 is 6.03 Å². The van der Waals surface area contributed by atoms with E-state index in [1.165, 1.54) is 24.0 Å². The van der Waals surface area contributed by atoms with E-state index in [1.807, 2.05) is 18.7 Å². The average Bonchev–Trinajstić information content (AvgIpc) is 3.20. The Bertz CT molecular complexity index is 431. The second-order valence-corrected chi connectivity index (χ2v) is 5.48. The van der Waals surface area contributed by atoms with Crippen molar-refractivity contribution in [1.29, 1.82) is 0 Å². The molecule has 3 nitrogen and oxygen atoms in total. The average molecular weight is 260 g/mol. The fraction of sp³-hybridized carbons (Fsp3) is 0.562. The molecule has 3 heteroatoms. The lowest BCUT2D eigenvalue weighted by molar-refractivity contribution is 0.202. The Balaban J connectivity index is 1.95. The van der Waals surface area contributed by atoms with Crippen molar-refractivity contribution in [2.24, 2.45) is 0 Å². The molecular formula is C16H24N2O. The quantitative estimate of drug-likeness (QED) is 0.867. The Morgan fingerprint density at radius 1 is 1.21 bits per heavy atom. The van der Waals surface area contributed by atoms with Gasteiger partial charge in [0, 0.05) is 25.0 Å². The second kappa shape index (κ2) is 5.64. The number of amides is 2. The van der Waals surface area contributed by atoms with Gasteiger partial charge in [-0.05, 0) is 39.2 Å². The van der Waals surface area contributed by atoms with Crippen LogP contribution >= 0.6 is 0 Å². The van der Waals surface area contributed by atoms with Gasteiger partial charge in [0.25, 0.3) is 0 Å². The van der Waals surface area contributed by atoms with Crippen molar-refractivity contribution >= 4 is 6.03 Å². The van der Waals surface area contributed by atoms with Gasteiger partial charge in [0.2, 0.25) is 0 Å². The highest BCUT2D eigenvalue weighted by Gasteiger charge is 2.44. The van der Waals surface area contributed by atoms with Crippen molar-refractivity contribution in [3.63, 3.8) is 0 Å². The van der Waals surface area contributed by atoms with Crippen LogP contribution in [0.1, 0.15) is 37.8 Å². The molecule has 1 aromatic carbocycles. The fourth-order valence-corrected chi connectivity index (χ4v) is 2.49. The van der Waals surface area contributed by atoms with Crippen LogP contribution in [0.15, 0.2) is 24.3 Å². The van der Waals surface area contributed by atoms with Gasteiger partial charge in [-0.1, -0.05) is 29.8 Å². The minimum Gasteiger partial charge on any atom is -0.337 e. The molecule has 0 radical (unpaired) electrons. The monoisotopic (exact) mass is 260 g/mol. The van der Waals surface area contributed by atoms with E-state index in [0.717, 1.165) is 19.6 Å². The Hall–Kier alpha value is -1.51. The number of nitrogens with one attached hydrogen (secondary N) is 1. The van der Waals surface area contributed by atoms with Crippen molar-refractivity contribution < 1.29 is 4.79 Å². The number of carbonyl (C=O) groups is 1. The van der Waals surface area contributed by atoms with Crippen LogP contribution in [0.5, 0.6) is 0 Å². The van der Waals surface area contributed by atoms with Gasteiger partial charge in [-0.2, -0.15) is 0 Å². The first-order valence-electron chi connectivity index (χ1n) is 7.21. The van der Waals surface area contributed by atoms with Crippen LogP contribution in [0, 0.1) is 6.92 Å². The number of rotatable bonds is 5. The van der Waals surface area contributed by atoms with Crippen LogP contribution in [-0.4, -0.2) is 30.6 Å². The molecule has 1 fully saturated rings. The summed E-state index contributed by atoms with van der Waals surface area (Å²) < 4.78 is 0. The van der Waals surface area contributed by atoms with Crippen LogP contribution in [0.2, 0.25) is 0 Å². The molecule has 1 saturated carbocycles. The highest BCUT2D eigenvalue weighted by atomic mass is 16.2. The summed E-state index contributed by atoms with van der Waals surface area (Å²) in [6, 6.07) is 8.77. The van der Waals surface area contributed by atoms with Crippen LogP contribution in [0.4, 0.5) is 4.79 Å². The zero-order chi connectivity index (χ0) is 13.9. The van der Waals surface area contributed by atoms with Crippen molar-refractivity contribution in [3.05, 3.63) is 35.4 Å². The molecule has 0 spiro atoms. The number of aryl methyl sites for hydroxylation is 1.